The third-order valence-corrected chi connectivity index (χ3v) is 4.92. The molecule has 2 aliphatic heterocycles. The van der Waals surface area contributed by atoms with Gasteiger partial charge in [-0.2, -0.15) is 0 Å². The van der Waals surface area contributed by atoms with Crippen LogP contribution in [0, 0.1) is 13.8 Å². The highest BCUT2D eigenvalue weighted by Crippen LogP contribution is 2.41. The monoisotopic (exact) mass is 272 g/mol. The molecule has 1 atom stereocenters. The van der Waals surface area contributed by atoms with Crippen LogP contribution in [0.2, 0.25) is 0 Å². The SMILES string of the molecule is Cc1cccc(C)c1N1C(=O)C2CCCCN2C1(C)C. The quantitative estimate of drug-likeness (QED) is 0.783. The molecule has 2 aliphatic rings. The number of carbonyl (C=O) groups is 1. The molecule has 3 heteroatoms. The second-order valence-corrected chi connectivity index (χ2v) is 6.61. The normalized spacial score (nSPS) is 25.9. The van der Waals surface area contributed by atoms with Crippen LogP contribution in [0.15, 0.2) is 18.2 Å². The molecule has 2 heterocycles. The molecule has 1 amide bonds. The first-order chi connectivity index (χ1) is 9.44. The van der Waals surface area contributed by atoms with Crippen LogP contribution in [0.3, 0.4) is 0 Å². The number of hydrogen-bond acceptors (Lipinski definition) is 2. The van der Waals surface area contributed by atoms with Gasteiger partial charge < -0.3 is 0 Å². The molecule has 108 valence electrons. The minimum Gasteiger partial charge on any atom is -0.292 e. The van der Waals surface area contributed by atoms with E-state index in [-0.39, 0.29) is 17.6 Å². The van der Waals surface area contributed by atoms with Gasteiger partial charge in [-0.1, -0.05) is 24.6 Å². The number of anilines is 1. The summed E-state index contributed by atoms with van der Waals surface area (Å²) in [5.41, 5.74) is 3.26. The minimum absolute atomic E-state index is 0.0813. The van der Waals surface area contributed by atoms with Crippen molar-refractivity contribution >= 4 is 11.6 Å². The molecule has 0 aromatic heterocycles. The van der Waals surface area contributed by atoms with E-state index in [0.29, 0.717) is 0 Å². The number of piperidine rings is 1. The van der Waals surface area contributed by atoms with Crippen LogP contribution in [0.4, 0.5) is 5.69 Å². The van der Waals surface area contributed by atoms with Crippen molar-refractivity contribution in [3.63, 3.8) is 0 Å². The fourth-order valence-electron chi connectivity index (χ4n) is 3.93. The number of aryl methyl sites for hydroxylation is 2. The second kappa shape index (κ2) is 4.59. The minimum atomic E-state index is -0.223. The summed E-state index contributed by atoms with van der Waals surface area (Å²) in [4.78, 5) is 17.4. The van der Waals surface area contributed by atoms with Crippen LogP contribution < -0.4 is 4.90 Å². The molecule has 0 N–H and O–H groups in total. The summed E-state index contributed by atoms with van der Waals surface area (Å²) < 4.78 is 0. The van der Waals surface area contributed by atoms with Gasteiger partial charge in [-0.05, 0) is 51.7 Å². The predicted molar refractivity (Wildman–Crippen MR) is 81.8 cm³/mol. The molecule has 0 bridgehead atoms. The van der Waals surface area contributed by atoms with E-state index >= 15 is 0 Å². The van der Waals surface area contributed by atoms with Gasteiger partial charge in [-0.15, -0.1) is 0 Å². The average molecular weight is 272 g/mol. The Morgan fingerprint density at radius 1 is 1.15 bits per heavy atom. The highest BCUT2D eigenvalue weighted by molar-refractivity contribution is 6.02. The van der Waals surface area contributed by atoms with Crippen LogP contribution in [-0.2, 0) is 4.79 Å². The van der Waals surface area contributed by atoms with E-state index in [1.807, 2.05) is 4.90 Å². The zero-order valence-corrected chi connectivity index (χ0v) is 12.9. The lowest BCUT2D eigenvalue weighted by atomic mass is 10.0. The molecule has 0 aliphatic carbocycles. The maximum absolute atomic E-state index is 12.9. The average Bonchev–Trinajstić information content (AvgIpc) is 2.60. The number of amides is 1. The molecule has 1 aromatic rings. The number of nitrogens with zero attached hydrogens (tertiary/aromatic N) is 2. The number of para-hydroxylation sites is 1. The van der Waals surface area contributed by atoms with Crippen LogP contribution >= 0.6 is 0 Å². The summed E-state index contributed by atoms with van der Waals surface area (Å²) in [5.74, 6) is 0.284. The summed E-state index contributed by atoms with van der Waals surface area (Å²) in [6.45, 7) is 9.60. The first-order valence-electron chi connectivity index (χ1n) is 7.61. The lowest BCUT2D eigenvalue weighted by Crippen LogP contribution is -2.51. The number of hydrogen-bond donors (Lipinski definition) is 0. The molecular formula is C17H24N2O. The second-order valence-electron chi connectivity index (χ2n) is 6.61. The smallest absolute Gasteiger partial charge is 0.245 e. The van der Waals surface area contributed by atoms with Gasteiger partial charge in [0.05, 0.1) is 17.4 Å². The molecular weight excluding hydrogens is 248 g/mol. The van der Waals surface area contributed by atoms with Crippen molar-refractivity contribution in [2.75, 3.05) is 11.4 Å². The third kappa shape index (κ3) is 1.80. The predicted octanol–water partition coefficient (Wildman–Crippen LogP) is 3.24. The molecule has 0 spiro atoms. The Morgan fingerprint density at radius 3 is 2.40 bits per heavy atom. The number of benzene rings is 1. The Hall–Kier alpha value is -1.35. The van der Waals surface area contributed by atoms with Gasteiger partial charge in [0.2, 0.25) is 5.91 Å². The van der Waals surface area contributed by atoms with E-state index < -0.39 is 0 Å². The Kier molecular flexibility index (Phi) is 3.13. The van der Waals surface area contributed by atoms with Crippen molar-refractivity contribution < 1.29 is 4.79 Å². The zero-order chi connectivity index (χ0) is 14.5. The lowest BCUT2D eigenvalue weighted by Gasteiger charge is -2.41. The molecule has 1 aromatic carbocycles. The lowest BCUT2D eigenvalue weighted by molar-refractivity contribution is -0.120. The molecule has 20 heavy (non-hydrogen) atoms. The standard InChI is InChI=1S/C17H24N2O/c1-12-8-7-9-13(2)15(12)19-16(20)14-10-5-6-11-18(14)17(19,3)4/h7-9,14H,5-6,10-11H2,1-4H3. The van der Waals surface area contributed by atoms with Gasteiger partial charge in [-0.25, -0.2) is 0 Å². The van der Waals surface area contributed by atoms with Gasteiger partial charge in [0.15, 0.2) is 0 Å². The van der Waals surface area contributed by atoms with Crippen molar-refractivity contribution in [1.29, 1.82) is 0 Å². The molecule has 1 unspecified atom stereocenters. The summed E-state index contributed by atoms with van der Waals surface area (Å²) >= 11 is 0. The highest BCUT2D eigenvalue weighted by Gasteiger charge is 2.52. The van der Waals surface area contributed by atoms with Crippen molar-refractivity contribution in [3.8, 4) is 0 Å². The van der Waals surface area contributed by atoms with Gasteiger partial charge in [-0.3, -0.25) is 14.6 Å². The Morgan fingerprint density at radius 2 is 1.80 bits per heavy atom. The summed E-state index contributed by atoms with van der Waals surface area (Å²) in [7, 11) is 0. The first-order valence-corrected chi connectivity index (χ1v) is 7.61. The molecule has 3 nitrogen and oxygen atoms in total. The maximum atomic E-state index is 12.9. The zero-order valence-electron chi connectivity index (χ0n) is 12.9. The summed E-state index contributed by atoms with van der Waals surface area (Å²) in [6.07, 6.45) is 3.38. The highest BCUT2D eigenvalue weighted by atomic mass is 16.2. The van der Waals surface area contributed by atoms with Crippen LogP contribution in [0.25, 0.3) is 0 Å². The van der Waals surface area contributed by atoms with E-state index in [9.17, 15) is 4.79 Å². The van der Waals surface area contributed by atoms with Gasteiger partial charge in [0.25, 0.3) is 0 Å². The van der Waals surface area contributed by atoms with E-state index in [2.05, 4.69) is 50.8 Å². The van der Waals surface area contributed by atoms with Gasteiger partial charge in [0.1, 0.15) is 0 Å². The van der Waals surface area contributed by atoms with Crippen LogP contribution in [-0.4, -0.2) is 29.1 Å². The van der Waals surface area contributed by atoms with E-state index in [0.717, 1.165) is 18.7 Å². The third-order valence-electron chi connectivity index (χ3n) is 4.92. The first kappa shape index (κ1) is 13.6. The maximum Gasteiger partial charge on any atom is 0.245 e. The summed E-state index contributed by atoms with van der Waals surface area (Å²) in [6, 6.07) is 6.35. The van der Waals surface area contributed by atoms with Crippen molar-refractivity contribution in [3.05, 3.63) is 29.3 Å². The van der Waals surface area contributed by atoms with E-state index in [4.69, 9.17) is 0 Å². The number of fused-ring (bicyclic) bond motifs is 1. The molecule has 2 saturated heterocycles. The van der Waals surface area contributed by atoms with Gasteiger partial charge >= 0.3 is 0 Å². The molecule has 3 rings (SSSR count). The number of rotatable bonds is 1. The Balaban J connectivity index is 2.11. The van der Waals surface area contributed by atoms with Crippen LogP contribution in [0.5, 0.6) is 0 Å². The fourth-order valence-corrected chi connectivity index (χ4v) is 3.93. The van der Waals surface area contributed by atoms with E-state index in [1.54, 1.807) is 0 Å². The molecule has 2 fully saturated rings. The topological polar surface area (TPSA) is 23.6 Å². The summed E-state index contributed by atoms with van der Waals surface area (Å²) in [5, 5.41) is 0. The van der Waals surface area contributed by atoms with Crippen molar-refractivity contribution in [2.45, 2.75) is 58.7 Å². The Bertz CT molecular complexity index is 530. The van der Waals surface area contributed by atoms with Gasteiger partial charge in [0, 0.05) is 6.54 Å². The molecule has 0 radical (unpaired) electrons. The molecule has 0 saturated carbocycles. The van der Waals surface area contributed by atoms with E-state index in [1.165, 1.54) is 24.0 Å². The van der Waals surface area contributed by atoms with Crippen LogP contribution in [0.1, 0.15) is 44.2 Å². The number of carbonyl (C=O) groups excluding carboxylic acids is 1. The fraction of sp³-hybridized carbons (Fsp3) is 0.588. The van der Waals surface area contributed by atoms with Crippen molar-refractivity contribution in [2.24, 2.45) is 0 Å². The van der Waals surface area contributed by atoms with Crippen molar-refractivity contribution in [1.82, 2.24) is 4.90 Å². The Labute approximate surface area is 121 Å². The largest absolute Gasteiger partial charge is 0.292 e.